The molecule has 1 saturated carbocycles. The zero-order valence-corrected chi connectivity index (χ0v) is 15.4. The van der Waals surface area contributed by atoms with Gasteiger partial charge in [0.05, 0.1) is 7.11 Å². The van der Waals surface area contributed by atoms with Crippen molar-refractivity contribution >= 4 is 23.3 Å². The minimum atomic E-state index is -2.93. The lowest BCUT2D eigenvalue weighted by Gasteiger charge is -2.23. The van der Waals surface area contributed by atoms with Crippen LogP contribution in [0, 0.1) is 0 Å². The van der Waals surface area contributed by atoms with Gasteiger partial charge in [0.25, 0.3) is 0 Å². The number of hydrogen-bond donors (Lipinski definition) is 1. The predicted octanol–water partition coefficient (Wildman–Crippen LogP) is 5.15. The number of ether oxygens (including phenoxy) is 2. The Bertz CT molecular complexity index is 815. The molecular formula is C19H19ClF2N2O3. The molecule has 1 fully saturated rings. The van der Waals surface area contributed by atoms with E-state index in [-0.39, 0.29) is 23.6 Å². The van der Waals surface area contributed by atoms with Crippen molar-refractivity contribution in [3.63, 3.8) is 0 Å². The number of benzene rings is 2. The summed E-state index contributed by atoms with van der Waals surface area (Å²) in [4.78, 5) is 14.4. The number of rotatable bonds is 7. The molecule has 0 radical (unpaired) electrons. The molecule has 27 heavy (non-hydrogen) atoms. The van der Waals surface area contributed by atoms with Gasteiger partial charge in [-0.1, -0.05) is 23.7 Å². The molecule has 0 aromatic heterocycles. The van der Waals surface area contributed by atoms with Crippen LogP contribution in [-0.4, -0.2) is 30.7 Å². The lowest BCUT2D eigenvalue weighted by Crippen LogP contribution is -2.36. The summed E-state index contributed by atoms with van der Waals surface area (Å²) in [6.07, 6.45) is 1.85. The van der Waals surface area contributed by atoms with Crippen molar-refractivity contribution in [1.29, 1.82) is 0 Å². The normalized spacial score (nSPS) is 13.4. The number of carbonyl (C=O) groups excluding carboxylic acids is 1. The molecule has 1 aliphatic rings. The molecule has 8 heteroatoms. The summed E-state index contributed by atoms with van der Waals surface area (Å²) in [5.41, 5.74) is 1.36. The van der Waals surface area contributed by atoms with E-state index in [0.29, 0.717) is 17.3 Å². The number of carbonyl (C=O) groups is 1. The van der Waals surface area contributed by atoms with Crippen LogP contribution in [0.5, 0.6) is 11.5 Å². The number of nitrogens with zero attached hydrogens (tertiary/aromatic N) is 1. The monoisotopic (exact) mass is 396 g/mol. The Morgan fingerprint density at radius 1 is 1.26 bits per heavy atom. The van der Waals surface area contributed by atoms with E-state index in [2.05, 4.69) is 10.1 Å². The first-order valence-electron chi connectivity index (χ1n) is 8.41. The highest BCUT2D eigenvalue weighted by atomic mass is 35.5. The lowest BCUT2D eigenvalue weighted by atomic mass is 10.2. The van der Waals surface area contributed by atoms with Gasteiger partial charge in [0.1, 0.15) is 0 Å². The highest BCUT2D eigenvalue weighted by molar-refractivity contribution is 6.30. The zero-order chi connectivity index (χ0) is 19.4. The first-order chi connectivity index (χ1) is 13.0. The number of amides is 2. The fourth-order valence-electron chi connectivity index (χ4n) is 2.71. The van der Waals surface area contributed by atoms with Crippen LogP contribution < -0.4 is 14.8 Å². The van der Waals surface area contributed by atoms with Gasteiger partial charge in [-0.05, 0) is 48.7 Å². The summed E-state index contributed by atoms with van der Waals surface area (Å²) in [6.45, 7) is -2.61. The molecule has 0 unspecified atom stereocenters. The first kappa shape index (κ1) is 19.2. The Kier molecular flexibility index (Phi) is 6.01. The van der Waals surface area contributed by atoms with Crippen LogP contribution in [0.3, 0.4) is 0 Å². The summed E-state index contributed by atoms with van der Waals surface area (Å²) >= 11 is 5.95. The van der Waals surface area contributed by atoms with Crippen molar-refractivity contribution in [2.24, 2.45) is 0 Å². The molecule has 2 aromatic rings. The molecule has 0 spiro atoms. The van der Waals surface area contributed by atoms with Crippen LogP contribution in [0.1, 0.15) is 18.4 Å². The number of urea groups is 1. The summed E-state index contributed by atoms with van der Waals surface area (Å²) in [7, 11) is 1.38. The summed E-state index contributed by atoms with van der Waals surface area (Å²) < 4.78 is 34.5. The number of anilines is 1. The molecule has 0 saturated heterocycles. The van der Waals surface area contributed by atoms with Gasteiger partial charge in [-0.15, -0.1) is 0 Å². The molecule has 1 N–H and O–H groups in total. The molecule has 0 atom stereocenters. The van der Waals surface area contributed by atoms with Gasteiger partial charge in [0, 0.05) is 23.3 Å². The highest BCUT2D eigenvalue weighted by Crippen LogP contribution is 2.33. The Hall–Kier alpha value is -2.54. The van der Waals surface area contributed by atoms with Gasteiger partial charge >= 0.3 is 12.6 Å². The average Bonchev–Trinajstić information content (AvgIpc) is 3.45. The van der Waals surface area contributed by atoms with E-state index in [1.165, 1.54) is 13.2 Å². The second-order valence-corrected chi connectivity index (χ2v) is 6.60. The first-order valence-corrected chi connectivity index (χ1v) is 8.79. The van der Waals surface area contributed by atoms with Crippen molar-refractivity contribution in [2.75, 3.05) is 12.4 Å². The zero-order valence-electron chi connectivity index (χ0n) is 14.6. The molecule has 5 nitrogen and oxygen atoms in total. The third-order valence-electron chi connectivity index (χ3n) is 4.12. The minimum absolute atomic E-state index is 0.0439. The van der Waals surface area contributed by atoms with Crippen LogP contribution in [0.4, 0.5) is 19.3 Å². The van der Waals surface area contributed by atoms with Crippen molar-refractivity contribution in [1.82, 2.24) is 4.90 Å². The molecule has 2 aromatic carbocycles. The van der Waals surface area contributed by atoms with E-state index < -0.39 is 6.61 Å². The van der Waals surface area contributed by atoms with E-state index in [0.717, 1.165) is 18.4 Å². The molecule has 3 rings (SSSR count). The Balaban J connectivity index is 1.73. The lowest BCUT2D eigenvalue weighted by molar-refractivity contribution is -0.0512. The van der Waals surface area contributed by atoms with Gasteiger partial charge in [-0.3, -0.25) is 0 Å². The maximum Gasteiger partial charge on any atom is 0.387 e. The fraction of sp³-hybridized carbons (Fsp3) is 0.316. The maximum atomic E-state index is 12.7. The third-order valence-corrected chi connectivity index (χ3v) is 4.36. The van der Waals surface area contributed by atoms with Crippen LogP contribution in [0.25, 0.3) is 0 Å². The molecule has 1 aliphatic carbocycles. The van der Waals surface area contributed by atoms with Crippen molar-refractivity contribution in [3.8, 4) is 11.5 Å². The van der Waals surface area contributed by atoms with Crippen molar-refractivity contribution in [2.45, 2.75) is 32.0 Å². The Morgan fingerprint density at radius 3 is 2.67 bits per heavy atom. The van der Waals surface area contributed by atoms with E-state index in [4.69, 9.17) is 16.3 Å². The van der Waals surface area contributed by atoms with Crippen LogP contribution in [-0.2, 0) is 6.54 Å². The fourth-order valence-corrected chi connectivity index (χ4v) is 2.91. The second-order valence-electron chi connectivity index (χ2n) is 6.16. The van der Waals surface area contributed by atoms with E-state index in [1.54, 1.807) is 41.3 Å². The quantitative estimate of drug-likeness (QED) is 0.704. The van der Waals surface area contributed by atoms with Crippen LogP contribution in [0.2, 0.25) is 5.02 Å². The highest BCUT2D eigenvalue weighted by Gasteiger charge is 2.33. The molecule has 144 valence electrons. The smallest absolute Gasteiger partial charge is 0.387 e. The number of alkyl halides is 2. The Labute approximate surface area is 160 Å². The van der Waals surface area contributed by atoms with Gasteiger partial charge in [0.15, 0.2) is 11.5 Å². The van der Waals surface area contributed by atoms with Crippen molar-refractivity contribution in [3.05, 3.63) is 53.1 Å². The molecular weight excluding hydrogens is 378 g/mol. The number of hydrogen-bond acceptors (Lipinski definition) is 3. The van der Waals surface area contributed by atoms with E-state index >= 15 is 0 Å². The molecule has 0 heterocycles. The molecule has 2 amide bonds. The molecule has 0 aliphatic heterocycles. The molecule has 0 bridgehead atoms. The Morgan fingerprint density at radius 2 is 2.04 bits per heavy atom. The van der Waals surface area contributed by atoms with E-state index in [1.807, 2.05) is 0 Å². The predicted molar refractivity (Wildman–Crippen MR) is 98.7 cm³/mol. The standard InChI is InChI=1S/C19H19ClF2N2O3/c1-26-17-9-12(5-8-16(17)27-18(21)22)11-24(15-6-7-15)19(25)23-14-4-2-3-13(20)10-14/h2-5,8-10,15,18H,6-7,11H2,1H3,(H,23,25). The van der Waals surface area contributed by atoms with E-state index in [9.17, 15) is 13.6 Å². The largest absolute Gasteiger partial charge is 0.493 e. The van der Waals surface area contributed by atoms with Gasteiger partial charge in [-0.25, -0.2) is 4.79 Å². The number of nitrogens with one attached hydrogen (secondary N) is 1. The van der Waals surface area contributed by atoms with Gasteiger partial charge < -0.3 is 19.7 Å². The van der Waals surface area contributed by atoms with Gasteiger partial charge in [0.2, 0.25) is 0 Å². The van der Waals surface area contributed by atoms with Gasteiger partial charge in [-0.2, -0.15) is 8.78 Å². The van der Waals surface area contributed by atoms with Crippen molar-refractivity contribution < 1.29 is 23.0 Å². The summed E-state index contributed by atoms with van der Waals surface area (Å²) in [6, 6.07) is 11.5. The van der Waals surface area contributed by atoms with Crippen LogP contribution in [0.15, 0.2) is 42.5 Å². The van der Waals surface area contributed by atoms with Crippen LogP contribution >= 0.6 is 11.6 Å². The summed E-state index contributed by atoms with van der Waals surface area (Å²) in [5.74, 6) is 0.149. The average molecular weight is 397 g/mol. The topological polar surface area (TPSA) is 50.8 Å². The summed E-state index contributed by atoms with van der Waals surface area (Å²) in [5, 5.41) is 3.37. The number of halogens is 3. The maximum absolute atomic E-state index is 12.7. The number of methoxy groups -OCH3 is 1. The third kappa shape index (κ3) is 5.23. The minimum Gasteiger partial charge on any atom is -0.493 e. The SMILES string of the molecule is COc1cc(CN(C(=O)Nc2cccc(Cl)c2)C2CC2)ccc1OC(F)F. The second kappa shape index (κ2) is 8.43.